The van der Waals surface area contributed by atoms with Crippen LogP contribution in [0.1, 0.15) is 30.9 Å². The van der Waals surface area contributed by atoms with Crippen LogP contribution in [-0.4, -0.2) is 0 Å². The summed E-state index contributed by atoms with van der Waals surface area (Å²) in [4.78, 5) is 0. The number of hydrogen-bond acceptors (Lipinski definition) is 0. The minimum absolute atomic E-state index is 0. The van der Waals surface area contributed by atoms with Crippen molar-refractivity contribution in [1.82, 2.24) is 0 Å². The van der Waals surface area contributed by atoms with Crippen LogP contribution < -0.4 is 37.2 Å². The van der Waals surface area contributed by atoms with Crippen LogP contribution in [0.5, 0.6) is 0 Å². The van der Waals surface area contributed by atoms with Gasteiger partial charge in [-0.05, 0) is 0 Å². The topological polar surface area (TPSA) is 0 Å². The molecule has 16 heavy (non-hydrogen) atoms. The number of halogens is 3. The van der Waals surface area contributed by atoms with Crippen LogP contribution in [-0.2, 0) is 21.7 Å². The minimum atomic E-state index is 0. The van der Waals surface area contributed by atoms with Crippen molar-refractivity contribution in [3.8, 4) is 0 Å². The molecule has 0 spiro atoms. The van der Waals surface area contributed by atoms with Crippen molar-refractivity contribution in [2.75, 3.05) is 0 Å². The Morgan fingerprint density at radius 1 is 1.06 bits per heavy atom. The molecule has 1 aliphatic rings. The fraction of sp³-hybridized carbons (Fsp3) is 0.333. The zero-order valence-electron chi connectivity index (χ0n) is 9.18. The fourth-order valence-corrected chi connectivity index (χ4v) is 1.75. The van der Waals surface area contributed by atoms with Crippen LogP contribution in [0.25, 0.3) is 6.08 Å². The first-order chi connectivity index (χ1) is 5.79. The molecule has 0 aromatic heterocycles. The van der Waals surface area contributed by atoms with Crippen LogP contribution >= 0.6 is 0 Å². The Morgan fingerprint density at radius 2 is 1.62 bits per heavy atom. The first-order valence-electron chi connectivity index (χ1n) is 4.47. The SMILES string of the molecule is CC(C)C1[C-]=Cc2ccccc21.[Cl-].[Cl-].[Cl-].[Ti+4]. The van der Waals surface area contributed by atoms with Crippen molar-refractivity contribution >= 4 is 6.08 Å². The Morgan fingerprint density at radius 3 is 2.19 bits per heavy atom. The van der Waals surface area contributed by atoms with Gasteiger partial charge in [-0.25, -0.2) is 6.08 Å². The molecule has 1 unspecified atom stereocenters. The second kappa shape index (κ2) is 9.56. The number of hydrogen-bond donors (Lipinski definition) is 0. The van der Waals surface area contributed by atoms with E-state index in [1.54, 1.807) is 0 Å². The zero-order valence-corrected chi connectivity index (χ0v) is 13.0. The first-order valence-corrected chi connectivity index (χ1v) is 4.47. The Hall–Kier alpha value is 0.544. The summed E-state index contributed by atoms with van der Waals surface area (Å²) < 4.78 is 0. The van der Waals surface area contributed by atoms with Gasteiger partial charge >= 0.3 is 21.7 Å². The largest absolute Gasteiger partial charge is 4.00 e. The van der Waals surface area contributed by atoms with Gasteiger partial charge in [-0.3, -0.25) is 6.08 Å². The predicted octanol–water partition coefficient (Wildman–Crippen LogP) is -5.73. The van der Waals surface area contributed by atoms with Gasteiger partial charge in [0.25, 0.3) is 0 Å². The molecule has 1 aromatic carbocycles. The number of benzene rings is 1. The molecule has 0 radical (unpaired) electrons. The van der Waals surface area contributed by atoms with E-state index in [0.717, 1.165) is 0 Å². The summed E-state index contributed by atoms with van der Waals surface area (Å²) >= 11 is 0. The molecule has 0 aliphatic heterocycles. The molecular weight excluding hydrogens is 298 g/mol. The summed E-state index contributed by atoms with van der Waals surface area (Å²) in [5.41, 5.74) is 2.78. The third-order valence-electron chi connectivity index (χ3n) is 2.42. The van der Waals surface area contributed by atoms with Gasteiger partial charge in [0.05, 0.1) is 0 Å². The van der Waals surface area contributed by atoms with Gasteiger partial charge in [-0.2, -0.15) is 5.56 Å². The van der Waals surface area contributed by atoms with Crippen LogP contribution in [0.2, 0.25) is 0 Å². The molecule has 0 bridgehead atoms. The summed E-state index contributed by atoms with van der Waals surface area (Å²) in [7, 11) is 0. The normalized spacial score (nSPS) is 15.1. The summed E-state index contributed by atoms with van der Waals surface area (Å²) in [6.45, 7) is 4.49. The van der Waals surface area contributed by atoms with Gasteiger partial charge in [0, 0.05) is 0 Å². The van der Waals surface area contributed by atoms with E-state index in [0.29, 0.717) is 11.8 Å². The molecule has 0 heterocycles. The van der Waals surface area contributed by atoms with E-state index in [-0.39, 0.29) is 58.9 Å². The molecule has 1 aromatic rings. The first kappa shape index (κ1) is 21.8. The number of fused-ring (bicyclic) bond motifs is 1. The van der Waals surface area contributed by atoms with E-state index in [1.807, 2.05) is 0 Å². The number of allylic oxidation sites excluding steroid dienone is 1. The third kappa shape index (κ3) is 4.43. The molecular formula is C12H13Cl3Ti. The van der Waals surface area contributed by atoms with E-state index in [9.17, 15) is 0 Å². The van der Waals surface area contributed by atoms with E-state index < -0.39 is 0 Å². The summed E-state index contributed by atoms with van der Waals surface area (Å²) in [5, 5.41) is 0. The van der Waals surface area contributed by atoms with E-state index in [2.05, 4.69) is 50.3 Å². The molecule has 2 rings (SSSR count). The molecule has 0 fully saturated rings. The monoisotopic (exact) mass is 310 g/mol. The Bertz CT molecular complexity index is 324. The molecule has 1 aliphatic carbocycles. The van der Waals surface area contributed by atoms with Gasteiger partial charge in [0.1, 0.15) is 0 Å². The number of rotatable bonds is 1. The van der Waals surface area contributed by atoms with Crippen LogP contribution in [0.15, 0.2) is 24.3 Å². The molecule has 0 saturated carbocycles. The van der Waals surface area contributed by atoms with Crippen molar-refractivity contribution in [1.29, 1.82) is 0 Å². The van der Waals surface area contributed by atoms with E-state index in [4.69, 9.17) is 0 Å². The Kier molecular flexibility index (Phi) is 13.0. The second-order valence-electron chi connectivity index (χ2n) is 3.66. The molecule has 86 valence electrons. The van der Waals surface area contributed by atoms with Crippen molar-refractivity contribution in [3.63, 3.8) is 0 Å². The van der Waals surface area contributed by atoms with Gasteiger partial charge in [-0.15, -0.1) is 11.6 Å². The summed E-state index contributed by atoms with van der Waals surface area (Å²) in [6, 6.07) is 8.55. The zero-order chi connectivity index (χ0) is 8.55. The second-order valence-corrected chi connectivity index (χ2v) is 3.66. The molecule has 0 amide bonds. The maximum absolute atomic E-state index is 3.40. The van der Waals surface area contributed by atoms with Crippen molar-refractivity contribution < 1.29 is 58.9 Å². The maximum atomic E-state index is 3.40. The molecule has 4 heteroatoms. The fourth-order valence-electron chi connectivity index (χ4n) is 1.75. The van der Waals surface area contributed by atoms with Crippen LogP contribution in [0, 0.1) is 12.0 Å². The minimum Gasteiger partial charge on any atom is -1.00 e. The van der Waals surface area contributed by atoms with Crippen molar-refractivity contribution in [2.45, 2.75) is 19.8 Å². The molecule has 1 atom stereocenters. The average molecular weight is 311 g/mol. The predicted molar refractivity (Wildman–Crippen MR) is 51.7 cm³/mol. The Balaban J connectivity index is -0.000000422. The van der Waals surface area contributed by atoms with Crippen LogP contribution in [0.4, 0.5) is 0 Å². The average Bonchev–Trinajstić information content (AvgIpc) is 2.47. The Labute approximate surface area is 131 Å². The molecule has 0 N–H and O–H groups in total. The molecule has 0 nitrogen and oxygen atoms in total. The molecule has 0 saturated heterocycles. The van der Waals surface area contributed by atoms with Gasteiger partial charge in [0.2, 0.25) is 0 Å². The summed E-state index contributed by atoms with van der Waals surface area (Å²) in [5.74, 6) is 1.17. The van der Waals surface area contributed by atoms with Crippen molar-refractivity contribution in [3.05, 3.63) is 41.5 Å². The smallest absolute Gasteiger partial charge is 1.00 e. The standard InChI is InChI=1S/C12H13.3ClH.Ti/c1-9(2)11-8-7-10-5-3-4-6-12(10)11;;;;/h3-7,9,11H,1-2H3;3*1H;/q-1;;;;+4/p-3. The quantitative estimate of drug-likeness (QED) is 0.358. The van der Waals surface area contributed by atoms with E-state index >= 15 is 0 Å². The van der Waals surface area contributed by atoms with Gasteiger partial charge in [0.15, 0.2) is 0 Å². The van der Waals surface area contributed by atoms with Crippen molar-refractivity contribution in [2.24, 2.45) is 5.92 Å². The summed E-state index contributed by atoms with van der Waals surface area (Å²) in [6.07, 6.45) is 5.51. The van der Waals surface area contributed by atoms with Crippen LogP contribution in [0.3, 0.4) is 0 Å². The maximum Gasteiger partial charge on any atom is 4.00 e. The van der Waals surface area contributed by atoms with Gasteiger partial charge < -0.3 is 37.2 Å². The van der Waals surface area contributed by atoms with E-state index in [1.165, 1.54) is 11.1 Å². The third-order valence-corrected chi connectivity index (χ3v) is 2.42. The van der Waals surface area contributed by atoms with Gasteiger partial charge in [-0.1, -0.05) is 43.9 Å².